The van der Waals surface area contributed by atoms with Crippen molar-refractivity contribution >= 4 is 11.5 Å². The van der Waals surface area contributed by atoms with E-state index < -0.39 is 16.4 Å². The highest BCUT2D eigenvalue weighted by Crippen LogP contribution is 2.31. The number of benzene rings is 1. The van der Waals surface area contributed by atoms with Crippen LogP contribution in [-0.4, -0.2) is 21.0 Å². The van der Waals surface area contributed by atoms with E-state index in [4.69, 9.17) is 15.7 Å². The van der Waals surface area contributed by atoms with Gasteiger partial charge in [0.2, 0.25) is 11.6 Å². The van der Waals surface area contributed by atoms with Gasteiger partial charge in [0, 0.05) is 17.8 Å². The zero-order valence-electron chi connectivity index (χ0n) is 10.4. The van der Waals surface area contributed by atoms with E-state index in [-0.39, 0.29) is 17.5 Å². The molecular weight excluding hydrogens is 283 g/mol. The first-order valence-electron chi connectivity index (χ1n) is 5.57. The van der Waals surface area contributed by atoms with Crippen LogP contribution < -0.4 is 10.5 Å². The number of pyridine rings is 1. The molecule has 108 valence electrons. The minimum atomic E-state index is -0.772. The van der Waals surface area contributed by atoms with Crippen molar-refractivity contribution in [2.45, 2.75) is 0 Å². The number of hydrogen-bond donors (Lipinski definition) is 2. The van der Waals surface area contributed by atoms with Crippen LogP contribution in [-0.2, 0) is 0 Å². The Morgan fingerprint density at radius 3 is 2.86 bits per heavy atom. The Balaban J connectivity index is 2.37. The fourth-order valence-corrected chi connectivity index (χ4v) is 1.51. The number of ether oxygens (including phenoxy) is 1. The lowest BCUT2D eigenvalue weighted by molar-refractivity contribution is -0.385. The predicted molar refractivity (Wildman–Crippen MR) is 69.9 cm³/mol. The van der Waals surface area contributed by atoms with Crippen molar-refractivity contribution in [3.63, 3.8) is 0 Å². The predicted octanol–water partition coefficient (Wildman–Crippen LogP) is 2.02. The van der Waals surface area contributed by atoms with Crippen LogP contribution in [0.3, 0.4) is 0 Å². The molecule has 2 aromatic rings. The molecule has 2 rings (SSSR count). The maximum atomic E-state index is 13.0. The van der Waals surface area contributed by atoms with Crippen molar-refractivity contribution in [1.82, 2.24) is 4.98 Å². The summed E-state index contributed by atoms with van der Waals surface area (Å²) in [5.74, 6) is -1.12. The lowest BCUT2D eigenvalue weighted by Crippen LogP contribution is -2.13. The van der Waals surface area contributed by atoms with Gasteiger partial charge in [-0.2, -0.15) is 0 Å². The van der Waals surface area contributed by atoms with Crippen LogP contribution in [0.4, 0.5) is 10.1 Å². The summed E-state index contributed by atoms with van der Waals surface area (Å²) < 4.78 is 18.3. The standard InChI is InChI=1S/C12H9FN4O4/c13-8-1-2-10(9(6-8)17(19)20)21-11-5-7(3-4-15-11)12(14)16-18/h1-6,18H,(H2,14,16). The molecule has 0 spiro atoms. The molecule has 0 aliphatic heterocycles. The summed E-state index contributed by atoms with van der Waals surface area (Å²) in [5, 5.41) is 22.3. The van der Waals surface area contributed by atoms with Gasteiger partial charge < -0.3 is 15.7 Å². The maximum absolute atomic E-state index is 13.0. The van der Waals surface area contributed by atoms with Crippen LogP contribution in [0, 0.1) is 15.9 Å². The van der Waals surface area contributed by atoms with Gasteiger partial charge in [-0.3, -0.25) is 10.1 Å². The minimum Gasteiger partial charge on any atom is -0.432 e. The molecule has 0 amide bonds. The summed E-state index contributed by atoms with van der Waals surface area (Å²) in [6.07, 6.45) is 1.32. The van der Waals surface area contributed by atoms with E-state index in [0.717, 1.165) is 18.2 Å². The number of nitrogens with zero attached hydrogens (tertiary/aromatic N) is 3. The highest BCUT2D eigenvalue weighted by Gasteiger charge is 2.17. The van der Waals surface area contributed by atoms with Crippen molar-refractivity contribution < 1.29 is 19.3 Å². The Morgan fingerprint density at radius 2 is 2.19 bits per heavy atom. The van der Waals surface area contributed by atoms with Gasteiger partial charge in [-0.05, 0) is 18.2 Å². The average molecular weight is 292 g/mol. The molecule has 1 aromatic heterocycles. The third kappa shape index (κ3) is 3.21. The highest BCUT2D eigenvalue weighted by molar-refractivity contribution is 5.97. The van der Waals surface area contributed by atoms with Gasteiger partial charge in [0.1, 0.15) is 5.82 Å². The lowest BCUT2D eigenvalue weighted by Gasteiger charge is -2.06. The molecule has 0 saturated heterocycles. The third-order valence-corrected chi connectivity index (χ3v) is 2.47. The molecule has 0 aliphatic rings. The fourth-order valence-electron chi connectivity index (χ4n) is 1.51. The highest BCUT2D eigenvalue weighted by atomic mass is 19.1. The number of amidine groups is 1. The Labute approximate surface area is 117 Å². The molecule has 9 heteroatoms. The molecule has 1 heterocycles. The van der Waals surface area contributed by atoms with Gasteiger partial charge in [-0.25, -0.2) is 9.37 Å². The third-order valence-electron chi connectivity index (χ3n) is 2.47. The molecule has 0 unspecified atom stereocenters. The molecule has 3 N–H and O–H groups in total. The number of nitrogens with two attached hydrogens (primary N) is 1. The van der Waals surface area contributed by atoms with Crippen molar-refractivity contribution in [1.29, 1.82) is 0 Å². The fraction of sp³-hybridized carbons (Fsp3) is 0. The van der Waals surface area contributed by atoms with E-state index in [0.29, 0.717) is 5.56 Å². The molecule has 0 aliphatic carbocycles. The average Bonchev–Trinajstić information content (AvgIpc) is 2.48. The van der Waals surface area contributed by atoms with Crippen molar-refractivity contribution in [2.75, 3.05) is 0 Å². The van der Waals surface area contributed by atoms with Crippen LogP contribution >= 0.6 is 0 Å². The molecule has 0 saturated carbocycles. The number of hydrogen-bond acceptors (Lipinski definition) is 6. The summed E-state index contributed by atoms with van der Waals surface area (Å²) >= 11 is 0. The lowest BCUT2D eigenvalue weighted by atomic mass is 10.2. The van der Waals surface area contributed by atoms with Crippen molar-refractivity contribution in [2.24, 2.45) is 10.9 Å². The van der Waals surface area contributed by atoms with E-state index in [1.807, 2.05) is 0 Å². The van der Waals surface area contributed by atoms with E-state index in [1.165, 1.54) is 18.3 Å². The number of nitro benzene ring substituents is 1. The molecule has 0 fully saturated rings. The van der Waals surface area contributed by atoms with Crippen molar-refractivity contribution in [3.05, 3.63) is 58.0 Å². The van der Waals surface area contributed by atoms with Crippen LogP contribution in [0.15, 0.2) is 41.7 Å². The zero-order valence-corrected chi connectivity index (χ0v) is 10.4. The quantitative estimate of drug-likeness (QED) is 0.292. The number of halogens is 1. The molecule has 1 aromatic carbocycles. The monoisotopic (exact) mass is 292 g/mol. The van der Waals surface area contributed by atoms with Gasteiger partial charge in [-0.15, -0.1) is 0 Å². The first kappa shape index (κ1) is 14.2. The Kier molecular flexibility index (Phi) is 3.93. The summed E-state index contributed by atoms with van der Waals surface area (Å²) in [4.78, 5) is 13.9. The second kappa shape index (κ2) is 5.82. The topological polar surface area (TPSA) is 124 Å². The van der Waals surface area contributed by atoms with Crippen molar-refractivity contribution in [3.8, 4) is 11.6 Å². The first-order chi connectivity index (χ1) is 10.0. The van der Waals surface area contributed by atoms with Gasteiger partial charge in [-0.1, -0.05) is 5.16 Å². The molecule has 0 atom stereocenters. The second-order valence-corrected chi connectivity index (χ2v) is 3.84. The van der Waals surface area contributed by atoms with E-state index in [1.54, 1.807) is 0 Å². The molecular formula is C12H9FN4O4. The SMILES string of the molecule is NC(=NO)c1ccnc(Oc2ccc(F)cc2[N+](=O)[O-])c1. The van der Waals surface area contributed by atoms with E-state index in [2.05, 4.69) is 10.1 Å². The van der Waals surface area contributed by atoms with Gasteiger partial charge in [0.05, 0.1) is 11.0 Å². The van der Waals surface area contributed by atoms with Crippen LogP contribution in [0.1, 0.15) is 5.56 Å². The summed E-state index contributed by atoms with van der Waals surface area (Å²) in [6.45, 7) is 0. The number of nitro groups is 1. The second-order valence-electron chi connectivity index (χ2n) is 3.84. The maximum Gasteiger partial charge on any atom is 0.314 e. The van der Waals surface area contributed by atoms with Crippen LogP contribution in [0.5, 0.6) is 11.6 Å². The first-order valence-corrected chi connectivity index (χ1v) is 5.57. The zero-order chi connectivity index (χ0) is 15.4. The molecule has 0 bridgehead atoms. The normalized spacial score (nSPS) is 11.2. The number of rotatable bonds is 4. The van der Waals surface area contributed by atoms with E-state index >= 15 is 0 Å². The molecule has 0 radical (unpaired) electrons. The summed E-state index contributed by atoms with van der Waals surface area (Å²) in [5.41, 5.74) is 5.19. The largest absolute Gasteiger partial charge is 0.432 e. The minimum absolute atomic E-state index is 0.0196. The summed E-state index contributed by atoms with van der Waals surface area (Å²) in [6, 6.07) is 5.66. The van der Waals surface area contributed by atoms with Gasteiger partial charge in [0.15, 0.2) is 5.84 Å². The van der Waals surface area contributed by atoms with Gasteiger partial charge >= 0.3 is 5.69 Å². The Bertz CT molecular complexity index is 720. The smallest absolute Gasteiger partial charge is 0.314 e. The Morgan fingerprint density at radius 1 is 1.43 bits per heavy atom. The number of aromatic nitrogens is 1. The molecule has 21 heavy (non-hydrogen) atoms. The number of oxime groups is 1. The van der Waals surface area contributed by atoms with Gasteiger partial charge in [0.25, 0.3) is 0 Å². The van der Waals surface area contributed by atoms with Crippen LogP contribution in [0.2, 0.25) is 0 Å². The van der Waals surface area contributed by atoms with Crippen LogP contribution in [0.25, 0.3) is 0 Å². The Hall–Kier alpha value is -3.23. The van der Waals surface area contributed by atoms with E-state index in [9.17, 15) is 14.5 Å². The molecule has 8 nitrogen and oxygen atoms in total. The summed E-state index contributed by atoms with van der Waals surface area (Å²) in [7, 11) is 0.